The van der Waals surface area contributed by atoms with Gasteiger partial charge in [-0.3, -0.25) is 19.4 Å². The maximum Gasteiger partial charge on any atom is 0.263 e. The maximum absolute atomic E-state index is 13.1. The van der Waals surface area contributed by atoms with Gasteiger partial charge in [0.05, 0.1) is 17.8 Å². The molecule has 2 atom stereocenters. The number of hydrogen-bond acceptors (Lipinski definition) is 7. The molecule has 2 aromatic rings. The van der Waals surface area contributed by atoms with Crippen LogP contribution in [0, 0.1) is 20.8 Å². The number of fused-ring (bicyclic) bond motifs is 1. The Morgan fingerprint density at radius 2 is 1.81 bits per heavy atom. The average Bonchev–Trinajstić information content (AvgIpc) is 3.24. The van der Waals surface area contributed by atoms with E-state index in [0.717, 1.165) is 27.3 Å². The lowest BCUT2D eigenvalue weighted by Crippen LogP contribution is -2.43. The Morgan fingerprint density at radius 1 is 1.12 bits per heavy atom. The first kappa shape index (κ1) is 21.8. The van der Waals surface area contributed by atoms with Gasteiger partial charge in [0.25, 0.3) is 11.8 Å². The minimum absolute atomic E-state index is 0.215. The highest BCUT2D eigenvalue weighted by Gasteiger charge is 2.55. The Labute approximate surface area is 190 Å². The van der Waals surface area contributed by atoms with Crippen molar-refractivity contribution in [3.8, 4) is 5.75 Å². The number of halogens is 1. The highest BCUT2D eigenvalue weighted by Crippen LogP contribution is 2.35. The summed E-state index contributed by atoms with van der Waals surface area (Å²) >= 11 is 6.15. The fourth-order valence-electron chi connectivity index (χ4n) is 4.11. The van der Waals surface area contributed by atoms with E-state index in [1.165, 1.54) is 18.2 Å². The molecule has 2 heterocycles. The average molecular weight is 456 g/mol. The summed E-state index contributed by atoms with van der Waals surface area (Å²) in [5.41, 5.74) is 4.00. The van der Waals surface area contributed by atoms with E-state index in [1.54, 1.807) is 12.1 Å². The molecule has 3 amide bonds. The lowest BCUT2D eigenvalue weighted by molar-refractivity contribution is -0.123. The zero-order valence-electron chi connectivity index (χ0n) is 18.0. The van der Waals surface area contributed by atoms with E-state index in [4.69, 9.17) is 16.3 Å². The number of nitrogens with one attached hydrogen (secondary N) is 1. The first-order valence-corrected chi connectivity index (χ1v) is 10.4. The van der Waals surface area contributed by atoms with Crippen molar-refractivity contribution >= 4 is 40.7 Å². The molecular formula is C22H22ClN5O4. The predicted octanol–water partition coefficient (Wildman–Crippen LogP) is 3.21. The Bertz CT molecular complexity index is 1140. The van der Waals surface area contributed by atoms with Crippen LogP contribution in [-0.2, 0) is 14.4 Å². The highest BCUT2D eigenvalue weighted by atomic mass is 35.5. The molecule has 32 heavy (non-hydrogen) atoms. The zero-order valence-corrected chi connectivity index (χ0v) is 18.8. The predicted molar refractivity (Wildman–Crippen MR) is 119 cm³/mol. The van der Waals surface area contributed by atoms with E-state index in [1.807, 2.05) is 32.9 Å². The molecule has 0 spiro atoms. The van der Waals surface area contributed by atoms with Gasteiger partial charge in [0.15, 0.2) is 12.1 Å². The van der Waals surface area contributed by atoms with Crippen LogP contribution in [0.2, 0.25) is 5.02 Å². The van der Waals surface area contributed by atoms with Crippen molar-refractivity contribution in [3.63, 3.8) is 0 Å². The molecule has 1 fully saturated rings. The van der Waals surface area contributed by atoms with Gasteiger partial charge in [-0.2, -0.15) is 5.11 Å². The molecule has 166 valence electrons. The van der Waals surface area contributed by atoms with Crippen molar-refractivity contribution < 1.29 is 19.1 Å². The highest BCUT2D eigenvalue weighted by molar-refractivity contribution is 6.33. The first-order valence-electron chi connectivity index (χ1n) is 9.97. The molecule has 0 saturated carbocycles. The van der Waals surface area contributed by atoms with Crippen LogP contribution in [0.25, 0.3) is 0 Å². The lowest BCUT2D eigenvalue weighted by atomic mass is 10.1. The number of methoxy groups -OCH3 is 1. The van der Waals surface area contributed by atoms with Gasteiger partial charge in [0, 0.05) is 5.69 Å². The summed E-state index contributed by atoms with van der Waals surface area (Å²) in [4.78, 5) is 39.7. The SMILES string of the molecule is COc1ccc(N2C(=O)C3N=NN(CC(=O)Nc4c(C)cc(C)cc4C)C3C2=O)cc1Cl. The molecule has 2 aliphatic heterocycles. The number of hydrogen-bond donors (Lipinski definition) is 1. The Kier molecular flexibility index (Phi) is 5.60. The van der Waals surface area contributed by atoms with Gasteiger partial charge < -0.3 is 10.1 Å². The van der Waals surface area contributed by atoms with Crippen molar-refractivity contribution in [1.82, 2.24) is 5.01 Å². The summed E-state index contributed by atoms with van der Waals surface area (Å²) in [5.74, 6) is -0.958. The smallest absolute Gasteiger partial charge is 0.263 e. The van der Waals surface area contributed by atoms with E-state index >= 15 is 0 Å². The van der Waals surface area contributed by atoms with E-state index in [9.17, 15) is 14.4 Å². The summed E-state index contributed by atoms with van der Waals surface area (Å²) in [5, 5.41) is 12.3. The summed E-state index contributed by atoms with van der Waals surface area (Å²) in [6.07, 6.45) is 0. The normalized spacial score (nSPS) is 19.5. The van der Waals surface area contributed by atoms with Gasteiger partial charge in [-0.15, -0.1) is 0 Å². The summed E-state index contributed by atoms with van der Waals surface area (Å²) in [7, 11) is 1.47. The number of carbonyl (C=O) groups is 3. The zero-order chi connectivity index (χ0) is 23.2. The number of rotatable bonds is 5. The van der Waals surface area contributed by atoms with E-state index in [2.05, 4.69) is 15.7 Å². The molecule has 1 saturated heterocycles. The van der Waals surface area contributed by atoms with Crippen LogP contribution in [-0.4, -0.2) is 48.5 Å². The molecule has 4 rings (SSSR count). The topological polar surface area (TPSA) is 104 Å². The monoisotopic (exact) mass is 455 g/mol. The number of carbonyl (C=O) groups excluding carboxylic acids is 3. The van der Waals surface area contributed by atoms with Crippen LogP contribution in [0.3, 0.4) is 0 Å². The summed E-state index contributed by atoms with van der Waals surface area (Å²) < 4.78 is 5.12. The minimum atomic E-state index is -1.00. The van der Waals surface area contributed by atoms with Crippen molar-refractivity contribution in [1.29, 1.82) is 0 Å². The molecule has 2 unspecified atom stereocenters. The van der Waals surface area contributed by atoms with Gasteiger partial charge in [-0.05, 0) is 50.1 Å². The van der Waals surface area contributed by atoms with Crippen LogP contribution in [0.15, 0.2) is 40.7 Å². The number of benzene rings is 2. The van der Waals surface area contributed by atoms with E-state index in [0.29, 0.717) is 11.4 Å². The van der Waals surface area contributed by atoms with Crippen molar-refractivity contribution in [3.05, 3.63) is 52.0 Å². The lowest BCUT2D eigenvalue weighted by Gasteiger charge is -2.21. The molecule has 1 N–H and O–H groups in total. The van der Waals surface area contributed by atoms with Crippen LogP contribution in [0.1, 0.15) is 16.7 Å². The van der Waals surface area contributed by atoms with Gasteiger partial charge in [0.1, 0.15) is 12.3 Å². The number of anilines is 2. The van der Waals surface area contributed by atoms with Crippen LogP contribution in [0.5, 0.6) is 5.75 Å². The van der Waals surface area contributed by atoms with Crippen molar-refractivity contribution in [2.24, 2.45) is 10.3 Å². The molecule has 0 radical (unpaired) electrons. The largest absolute Gasteiger partial charge is 0.495 e. The Hall–Kier alpha value is -3.46. The Morgan fingerprint density at radius 3 is 2.44 bits per heavy atom. The number of ether oxygens (including phenoxy) is 1. The van der Waals surface area contributed by atoms with Crippen molar-refractivity contribution in [2.45, 2.75) is 32.9 Å². The quantitative estimate of drug-likeness (QED) is 0.697. The molecule has 0 bridgehead atoms. The molecule has 0 aliphatic carbocycles. The molecular weight excluding hydrogens is 434 g/mol. The number of imide groups is 1. The summed E-state index contributed by atoms with van der Waals surface area (Å²) in [6, 6.07) is 6.60. The second kappa shape index (κ2) is 8.23. The molecule has 10 heteroatoms. The third-order valence-electron chi connectivity index (χ3n) is 5.50. The van der Waals surface area contributed by atoms with Gasteiger partial charge in [0.2, 0.25) is 5.91 Å². The molecule has 9 nitrogen and oxygen atoms in total. The van der Waals surface area contributed by atoms with Gasteiger partial charge in [-0.25, -0.2) is 4.90 Å². The van der Waals surface area contributed by atoms with Crippen molar-refractivity contribution in [2.75, 3.05) is 23.9 Å². The third kappa shape index (κ3) is 3.69. The number of nitrogens with zero attached hydrogens (tertiary/aromatic N) is 4. The fraction of sp³-hybridized carbons (Fsp3) is 0.318. The second-order valence-electron chi connectivity index (χ2n) is 7.84. The standard InChI is InChI=1S/C22H22ClN5O4/c1-11-7-12(2)18(13(3)8-11)24-17(29)10-27-20-19(25-26-27)21(30)28(22(20)31)14-5-6-16(32-4)15(23)9-14/h5-9,19-20H,10H2,1-4H3,(H,24,29). The van der Waals surface area contributed by atoms with Gasteiger partial charge in [-0.1, -0.05) is 34.5 Å². The fourth-order valence-corrected chi connectivity index (χ4v) is 4.36. The number of amides is 3. The van der Waals surface area contributed by atoms with Crippen LogP contribution in [0.4, 0.5) is 11.4 Å². The van der Waals surface area contributed by atoms with E-state index in [-0.39, 0.29) is 17.5 Å². The van der Waals surface area contributed by atoms with Crippen LogP contribution >= 0.6 is 11.6 Å². The minimum Gasteiger partial charge on any atom is -0.495 e. The Balaban J connectivity index is 1.51. The van der Waals surface area contributed by atoms with Crippen LogP contribution < -0.4 is 15.0 Å². The first-order chi connectivity index (χ1) is 15.2. The molecule has 2 aromatic carbocycles. The maximum atomic E-state index is 13.1. The van der Waals surface area contributed by atoms with Gasteiger partial charge >= 0.3 is 0 Å². The molecule has 0 aromatic heterocycles. The summed E-state index contributed by atoms with van der Waals surface area (Å²) in [6.45, 7) is 5.60. The second-order valence-corrected chi connectivity index (χ2v) is 8.25. The molecule has 2 aliphatic rings. The van der Waals surface area contributed by atoms with E-state index < -0.39 is 23.9 Å². The number of aryl methyl sites for hydroxylation is 3. The third-order valence-corrected chi connectivity index (χ3v) is 5.79.